The van der Waals surface area contributed by atoms with Gasteiger partial charge in [0.05, 0.1) is 12.7 Å². The van der Waals surface area contributed by atoms with Gasteiger partial charge < -0.3 is 4.74 Å². The number of aromatic nitrogens is 1. The highest BCUT2D eigenvalue weighted by Crippen LogP contribution is 2.27. The summed E-state index contributed by atoms with van der Waals surface area (Å²) in [5, 5.41) is 0.144. The van der Waals surface area contributed by atoms with E-state index in [0.717, 1.165) is 21.8 Å². The number of benzene rings is 2. The molecule has 0 fully saturated rings. The van der Waals surface area contributed by atoms with Crippen molar-refractivity contribution in [3.63, 3.8) is 0 Å². The molecule has 0 saturated heterocycles. The Kier molecular flexibility index (Phi) is 6.11. The number of esters is 1. The molecule has 1 N–H and O–H groups in total. The minimum absolute atomic E-state index is 0.0964. The Labute approximate surface area is 173 Å². The largest absolute Gasteiger partial charge is 0.465 e. The molecule has 0 aliphatic rings. The average Bonchev–Trinajstić information content (AvgIpc) is 3.06. The first-order valence-corrected chi connectivity index (χ1v) is 11.0. The topological polar surface area (TPSA) is 85.4 Å². The Morgan fingerprint density at radius 1 is 1.29 bits per heavy atom. The number of nitrogens with zero attached hydrogens (tertiary/aromatic N) is 1. The molecule has 0 radical (unpaired) electrons. The van der Waals surface area contributed by atoms with Crippen molar-refractivity contribution in [2.75, 3.05) is 11.8 Å². The number of carbonyl (C=O) groups is 1. The van der Waals surface area contributed by atoms with Crippen LogP contribution in [0, 0.1) is 5.82 Å². The van der Waals surface area contributed by atoms with Crippen LogP contribution >= 0.6 is 27.3 Å². The number of hydrogen-bond donors (Lipinski definition) is 1. The van der Waals surface area contributed by atoms with Gasteiger partial charge in [0.2, 0.25) is 0 Å². The molecule has 0 aliphatic heterocycles. The number of halogens is 2. The summed E-state index contributed by atoms with van der Waals surface area (Å²) in [6.07, 6.45) is 1.94. The number of sulfonamides is 1. The highest BCUT2D eigenvalue weighted by molar-refractivity contribution is 9.10. The number of nitrogens with one attached hydrogen (secondary N) is 1. The van der Waals surface area contributed by atoms with Gasteiger partial charge in [-0.25, -0.2) is 22.6 Å². The van der Waals surface area contributed by atoms with Gasteiger partial charge in [-0.3, -0.25) is 4.72 Å². The first-order valence-electron chi connectivity index (χ1n) is 7.88. The Morgan fingerprint density at radius 3 is 2.79 bits per heavy atom. The van der Waals surface area contributed by atoms with Crippen LogP contribution in [0.4, 0.5) is 9.52 Å². The summed E-state index contributed by atoms with van der Waals surface area (Å²) in [5.41, 5.74) is 0.653. The van der Waals surface area contributed by atoms with Crippen molar-refractivity contribution >= 4 is 48.4 Å². The molecule has 0 spiro atoms. The number of ether oxygens (including phenoxy) is 1. The Hall–Kier alpha value is -2.30. The fraction of sp³-hybridized carbons (Fsp3) is 0.111. The SMILES string of the molecule is COC(=O)c1cc(Br)ccc1S(=O)(=O)Nc1ncc(Cc2cccc(F)c2)s1. The van der Waals surface area contributed by atoms with Crippen LogP contribution in [0.1, 0.15) is 20.8 Å². The molecule has 1 heterocycles. The fourth-order valence-electron chi connectivity index (χ4n) is 2.46. The zero-order chi connectivity index (χ0) is 20.3. The van der Waals surface area contributed by atoms with Crippen molar-refractivity contribution in [3.8, 4) is 0 Å². The lowest BCUT2D eigenvalue weighted by Gasteiger charge is -2.10. The molecule has 0 bridgehead atoms. The van der Waals surface area contributed by atoms with Crippen LogP contribution in [-0.2, 0) is 21.2 Å². The molecule has 3 rings (SSSR count). The summed E-state index contributed by atoms with van der Waals surface area (Å²) in [4.78, 5) is 16.5. The Morgan fingerprint density at radius 2 is 2.07 bits per heavy atom. The molecule has 146 valence electrons. The monoisotopic (exact) mass is 484 g/mol. The van der Waals surface area contributed by atoms with Gasteiger partial charge in [0.15, 0.2) is 5.13 Å². The predicted molar refractivity (Wildman–Crippen MR) is 108 cm³/mol. The van der Waals surface area contributed by atoms with Crippen LogP contribution in [0.5, 0.6) is 0 Å². The summed E-state index contributed by atoms with van der Waals surface area (Å²) in [5.74, 6) is -1.11. The molecule has 0 aliphatic carbocycles. The Balaban J connectivity index is 1.84. The zero-order valence-electron chi connectivity index (χ0n) is 14.5. The van der Waals surface area contributed by atoms with Crippen LogP contribution in [0.2, 0.25) is 0 Å². The lowest BCUT2D eigenvalue weighted by molar-refractivity contribution is 0.0596. The maximum atomic E-state index is 13.3. The van der Waals surface area contributed by atoms with Crippen molar-refractivity contribution in [2.45, 2.75) is 11.3 Å². The number of thiazole rings is 1. The second-order valence-corrected chi connectivity index (χ2v) is 9.36. The molecule has 28 heavy (non-hydrogen) atoms. The minimum atomic E-state index is -4.07. The highest BCUT2D eigenvalue weighted by Gasteiger charge is 2.24. The first kappa shape index (κ1) is 20.4. The van der Waals surface area contributed by atoms with Crippen molar-refractivity contribution < 1.29 is 22.3 Å². The van der Waals surface area contributed by atoms with E-state index in [1.165, 1.54) is 43.6 Å². The number of methoxy groups -OCH3 is 1. The van der Waals surface area contributed by atoms with Gasteiger partial charge in [-0.05, 0) is 35.9 Å². The van der Waals surface area contributed by atoms with Gasteiger partial charge in [-0.1, -0.05) is 28.1 Å². The van der Waals surface area contributed by atoms with E-state index >= 15 is 0 Å². The molecular weight excluding hydrogens is 471 g/mol. The molecule has 3 aromatic rings. The molecule has 0 amide bonds. The molecule has 0 atom stereocenters. The molecule has 0 saturated carbocycles. The molecule has 1 aromatic heterocycles. The maximum Gasteiger partial charge on any atom is 0.339 e. The molecule has 10 heteroatoms. The van der Waals surface area contributed by atoms with E-state index in [0.29, 0.717) is 10.9 Å². The van der Waals surface area contributed by atoms with Gasteiger partial charge in [0.25, 0.3) is 10.0 Å². The van der Waals surface area contributed by atoms with Gasteiger partial charge in [-0.2, -0.15) is 0 Å². The van der Waals surface area contributed by atoms with Gasteiger partial charge in [0.1, 0.15) is 10.7 Å². The van der Waals surface area contributed by atoms with E-state index in [9.17, 15) is 17.6 Å². The van der Waals surface area contributed by atoms with Crippen LogP contribution in [0.25, 0.3) is 0 Å². The number of carbonyl (C=O) groups excluding carboxylic acids is 1. The number of hydrogen-bond acceptors (Lipinski definition) is 6. The molecule has 0 unspecified atom stereocenters. The lowest BCUT2D eigenvalue weighted by atomic mass is 10.1. The highest BCUT2D eigenvalue weighted by atomic mass is 79.9. The van der Waals surface area contributed by atoms with E-state index < -0.39 is 16.0 Å². The van der Waals surface area contributed by atoms with E-state index in [1.54, 1.807) is 12.1 Å². The lowest BCUT2D eigenvalue weighted by Crippen LogP contribution is -2.17. The molecule has 2 aromatic carbocycles. The summed E-state index contributed by atoms with van der Waals surface area (Å²) in [7, 11) is -2.89. The first-order chi connectivity index (χ1) is 13.3. The second kappa shape index (κ2) is 8.38. The van der Waals surface area contributed by atoms with Gasteiger partial charge in [-0.15, -0.1) is 11.3 Å². The third-order valence-corrected chi connectivity index (χ3v) is 6.61. The van der Waals surface area contributed by atoms with Crippen LogP contribution in [-0.4, -0.2) is 26.5 Å². The summed E-state index contributed by atoms with van der Waals surface area (Å²) < 4.78 is 46.4. The Bertz CT molecular complexity index is 1130. The smallest absolute Gasteiger partial charge is 0.339 e. The summed E-state index contributed by atoms with van der Waals surface area (Å²) >= 11 is 4.34. The van der Waals surface area contributed by atoms with Crippen molar-refractivity contribution in [2.24, 2.45) is 0 Å². The molecular formula is C18H14BrFN2O4S2. The van der Waals surface area contributed by atoms with E-state index in [2.05, 4.69) is 30.4 Å². The quantitative estimate of drug-likeness (QED) is 0.529. The van der Waals surface area contributed by atoms with Crippen molar-refractivity contribution in [1.82, 2.24) is 4.98 Å². The van der Waals surface area contributed by atoms with Crippen molar-refractivity contribution in [1.29, 1.82) is 0 Å². The summed E-state index contributed by atoms with van der Waals surface area (Å²) in [6, 6.07) is 10.3. The van der Waals surface area contributed by atoms with Gasteiger partial charge >= 0.3 is 5.97 Å². The maximum absolute atomic E-state index is 13.3. The van der Waals surface area contributed by atoms with Crippen molar-refractivity contribution in [3.05, 3.63) is 75.0 Å². The average molecular weight is 485 g/mol. The van der Waals surface area contributed by atoms with Crippen LogP contribution in [0.3, 0.4) is 0 Å². The van der Waals surface area contributed by atoms with Crippen LogP contribution < -0.4 is 4.72 Å². The third-order valence-electron chi connectivity index (χ3n) is 3.68. The zero-order valence-corrected chi connectivity index (χ0v) is 17.7. The van der Waals surface area contributed by atoms with E-state index in [1.807, 2.05) is 0 Å². The normalized spacial score (nSPS) is 11.2. The van der Waals surface area contributed by atoms with Crippen LogP contribution in [0.15, 0.2) is 58.0 Å². The number of anilines is 1. The third kappa shape index (κ3) is 4.75. The molecule has 6 nitrogen and oxygen atoms in total. The second-order valence-electron chi connectivity index (χ2n) is 5.68. The predicted octanol–water partition coefficient (Wildman–Crippen LogP) is 4.22. The van der Waals surface area contributed by atoms with E-state index in [-0.39, 0.29) is 21.4 Å². The number of rotatable bonds is 6. The van der Waals surface area contributed by atoms with E-state index in [4.69, 9.17) is 0 Å². The minimum Gasteiger partial charge on any atom is -0.465 e. The fourth-order valence-corrected chi connectivity index (χ4v) is 5.09. The van der Waals surface area contributed by atoms with Gasteiger partial charge in [0, 0.05) is 22.0 Å². The summed E-state index contributed by atoms with van der Waals surface area (Å²) in [6.45, 7) is 0. The standard InChI is InChI=1S/C18H14BrFN2O4S2/c1-26-17(23)15-9-12(19)5-6-16(15)28(24,25)22-18-21-10-14(27-18)8-11-3-2-4-13(20)7-11/h2-7,9-10H,8H2,1H3,(H,21,22).